The lowest BCUT2D eigenvalue weighted by Crippen LogP contribution is -2.57. The van der Waals surface area contributed by atoms with Crippen molar-refractivity contribution in [2.45, 2.75) is 63.5 Å². The van der Waals surface area contributed by atoms with Crippen LogP contribution in [0.15, 0.2) is 30.3 Å². The molecule has 3 nitrogen and oxygen atoms in total. The van der Waals surface area contributed by atoms with Gasteiger partial charge in [-0.05, 0) is 50.3 Å². The zero-order valence-electron chi connectivity index (χ0n) is 13.6. The second-order valence-electron chi connectivity index (χ2n) is 7.03. The number of amides is 1. The minimum absolute atomic E-state index is 0.0774. The van der Waals surface area contributed by atoms with E-state index >= 15 is 0 Å². The third-order valence-corrected chi connectivity index (χ3v) is 5.50. The first-order valence-corrected chi connectivity index (χ1v) is 8.84. The zero-order chi connectivity index (χ0) is 15.4. The molecule has 0 aromatic heterocycles. The van der Waals surface area contributed by atoms with Gasteiger partial charge in [-0.15, -0.1) is 0 Å². The van der Waals surface area contributed by atoms with Gasteiger partial charge in [0.15, 0.2) is 0 Å². The van der Waals surface area contributed by atoms with Crippen LogP contribution in [-0.4, -0.2) is 24.0 Å². The molecule has 3 rings (SSSR count). The van der Waals surface area contributed by atoms with Gasteiger partial charge in [-0.1, -0.05) is 44.4 Å². The second kappa shape index (κ2) is 6.82. The highest BCUT2D eigenvalue weighted by Crippen LogP contribution is 2.43. The van der Waals surface area contributed by atoms with Gasteiger partial charge >= 0.3 is 0 Å². The van der Waals surface area contributed by atoms with Crippen LogP contribution in [0.1, 0.15) is 62.2 Å². The monoisotopic (exact) mass is 300 g/mol. The summed E-state index contributed by atoms with van der Waals surface area (Å²) in [4.78, 5) is 12.6. The summed E-state index contributed by atoms with van der Waals surface area (Å²) < 4.78 is 0. The van der Waals surface area contributed by atoms with E-state index in [0.717, 1.165) is 24.4 Å². The lowest BCUT2D eigenvalue weighted by Gasteiger charge is -2.37. The van der Waals surface area contributed by atoms with Crippen molar-refractivity contribution < 1.29 is 4.79 Å². The second-order valence-corrected chi connectivity index (χ2v) is 7.03. The number of unbranched alkanes of at least 4 members (excludes halogenated alkanes) is 2. The molecule has 1 aromatic rings. The van der Waals surface area contributed by atoms with Crippen LogP contribution in [0.2, 0.25) is 0 Å². The molecule has 2 N–H and O–H groups in total. The molecule has 1 aliphatic heterocycles. The molecule has 1 saturated heterocycles. The average molecular weight is 300 g/mol. The number of rotatable bonds is 7. The molecule has 3 heteroatoms. The normalized spacial score (nSPS) is 27.8. The predicted molar refractivity (Wildman–Crippen MR) is 89.9 cm³/mol. The Kier molecular flexibility index (Phi) is 4.82. The van der Waals surface area contributed by atoms with Crippen molar-refractivity contribution in [1.29, 1.82) is 0 Å². The van der Waals surface area contributed by atoms with Crippen molar-refractivity contribution in [3.8, 4) is 0 Å². The highest BCUT2D eigenvalue weighted by atomic mass is 16.1. The van der Waals surface area contributed by atoms with Crippen LogP contribution >= 0.6 is 0 Å². The lowest BCUT2D eigenvalue weighted by atomic mass is 9.85. The Balaban J connectivity index is 1.70. The van der Waals surface area contributed by atoms with Gasteiger partial charge in [0.2, 0.25) is 0 Å². The first-order valence-electron chi connectivity index (χ1n) is 8.84. The first-order chi connectivity index (χ1) is 10.7. The zero-order valence-corrected chi connectivity index (χ0v) is 13.6. The lowest BCUT2D eigenvalue weighted by molar-refractivity contribution is 0.0900. The van der Waals surface area contributed by atoms with Gasteiger partial charge in [-0.25, -0.2) is 0 Å². The van der Waals surface area contributed by atoms with Gasteiger partial charge < -0.3 is 10.6 Å². The number of nitrogens with one attached hydrogen (secondary N) is 2. The number of carbonyl (C=O) groups is 1. The third kappa shape index (κ3) is 3.19. The molecule has 3 unspecified atom stereocenters. The SMILES string of the molecule is CCCCCC(NC(=O)c1ccccc1)C12CCC(CN1)C2. The highest BCUT2D eigenvalue weighted by molar-refractivity contribution is 5.94. The van der Waals surface area contributed by atoms with Crippen LogP contribution < -0.4 is 10.6 Å². The quantitative estimate of drug-likeness (QED) is 0.757. The van der Waals surface area contributed by atoms with Gasteiger partial charge in [0.1, 0.15) is 0 Å². The van der Waals surface area contributed by atoms with Gasteiger partial charge in [-0.2, -0.15) is 0 Å². The van der Waals surface area contributed by atoms with Crippen molar-refractivity contribution in [1.82, 2.24) is 10.6 Å². The summed E-state index contributed by atoms with van der Waals surface area (Å²) in [6, 6.07) is 9.87. The molecule has 22 heavy (non-hydrogen) atoms. The molecule has 2 bridgehead atoms. The van der Waals surface area contributed by atoms with Gasteiger partial charge in [0.05, 0.1) is 0 Å². The Morgan fingerprint density at radius 1 is 1.36 bits per heavy atom. The van der Waals surface area contributed by atoms with Crippen molar-refractivity contribution in [3.63, 3.8) is 0 Å². The first kappa shape index (κ1) is 15.5. The predicted octanol–water partition coefficient (Wildman–Crippen LogP) is 3.51. The van der Waals surface area contributed by atoms with Gasteiger partial charge in [-0.3, -0.25) is 4.79 Å². The topological polar surface area (TPSA) is 41.1 Å². The van der Waals surface area contributed by atoms with Crippen LogP contribution in [0.4, 0.5) is 0 Å². The number of piperidine rings is 1. The van der Waals surface area contributed by atoms with E-state index in [1.54, 1.807) is 0 Å². The maximum atomic E-state index is 12.6. The molecule has 1 aliphatic carbocycles. The molecule has 2 fully saturated rings. The van der Waals surface area contributed by atoms with Crippen LogP contribution in [0.3, 0.4) is 0 Å². The van der Waals surface area contributed by atoms with E-state index in [1.807, 2.05) is 30.3 Å². The number of benzene rings is 1. The van der Waals surface area contributed by atoms with Gasteiger partial charge in [0.25, 0.3) is 5.91 Å². The summed E-state index contributed by atoms with van der Waals surface area (Å²) >= 11 is 0. The fourth-order valence-corrected chi connectivity index (χ4v) is 4.22. The standard InChI is InChI=1S/C19H28N2O/c1-2-3-5-10-17(19-12-11-15(13-19)14-20-19)21-18(22)16-8-6-4-7-9-16/h4,6-9,15,17,20H,2-3,5,10-14H2,1H3,(H,21,22). The number of hydrogen-bond acceptors (Lipinski definition) is 2. The molecule has 120 valence electrons. The van der Waals surface area contributed by atoms with E-state index in [-0.39, 0.29) is 17.5 Å². The van der Waals surface area contributed by atoms with Crippen molar-refractivity contribution in [2.24, 2.45) is 5.92 Å². The molecule has 0 radical (unpaired) electrons. The summed E-state index contributed by atoms with van der Waals surface area (Å²) in [6.07, 6.45) is 8.52. The molecule has 0 spiro atoms. The summed E-state index contributed by atoms with van der Waals surface area (Å²) in [5.41, 5.74) is 0.926. The summed E-state index contributed by atoms with van der Waals surface area (Å²) in [7, 11) is 0. The fraction of sp³-hybridized carbons (Fsp3) is 0.632. The van der Waals surface area contributed by atoms with E-state index in [2.05, 4.69) is 17.6 Å². The molecule has 3 atom stereocenters. The Morgan fingerprint density at radius 2 is 2.18 bits per heavy atom. The minimum Gasteiger partial charge on any atom is -0.347 e. The number of hydrogen-bond donors (Lipinski definition) is 2. The highest BCUT2D eigenvalue weighted by Gasteiger charge is 2.49. The maximum absolute atomic E-state index is 12.6. The van der Waals surface area contributed by atoms with Crippen LogP contribution in [0.25, 0.3) is 0 Å². The van der Waals surface area contributed by atoms with Crippen LogP contribution in [0, 0.1) is 5.92 Å². The van der Waals surface area contributed by atoms with E-state index in [9.17, 15) is 4.79 Å². The molecule has 1 amide bonds. The molecular weight excluding hydrogens is 272 g/mol. The van der Waals surface area contributed by atoms with Crippen molar-refractivity contribution in [2.75, 3.05) is 6.54 Å². The molecular formula is C19H28N2O. The third-order valence-electron chi connectivity index (χ3n) is 5.50. The maximum Gasteiger partial charge on any atom is 0.251 e. The minimum atomic E-state index is 0.0774. The Bertz CT molecular complexity index is 491. The van der Waals surface area contributed by atoms with Crippen LogP contribution in [0.5, 0.6) is 0 Å². The largest absolute Gasteiger partial charge is 0.347 e. The summed E-state index contributed by atoms with van der Waals surface area (Å²) in [5.74, 6) is 0.899. The van der Waals surface area contributed by atoms with Crippen LogP contribution in [-0.2, 0) is 0 Å². The molecule has 1 saturated carbocycles. The van der Waals surface area contributed by atoms with E-state index in [0.29, 0.717) is 0 Å². The molecule has 1 aromatic carbocycles. The number of fused-ring (bicyclic) bond motifs is 2. The Labute approximate surface area is 133 Å². The Morgan fingerprint density at radius 3 is 2.77 bits per heavy atom. The van der Waals surface area contributed by atoms with E-state index < -0.39 is 0 Å². The molecule has 1 heterocycles. The average Bonchev–Trinajstić information content (AvgIpc) is 3.17. The summed E-state index contributed by atoms with van der Waals surface area (Å²) in [5, 5.41) is 7.09. The molecule has 2 aliphatic rings. The smallest absolute Gasteiger partial charge is 0.251 e. The Hall–Kier alpha value is -1.35. The number of carbonyl (C=O) groups excluding carboxylic acids is 1. The van der Waals surface area contributed by atoms with E-state index in [1.165, 1.54) is 38.5 Å². The fourth-order valence-electron chi connectivity index (χ4n) is 4.22. The van der Waals surface area contributed by atoms with Crippen molar-refractivity contribution >= 4 is 5.91 Å². The van der Waals surface area contributed by atoms with Gasteiger partial charge in [0, 0.05) is 17.1 Å². The summed E-state index contributed by atoms with van der Waals surface area (Å²) in [6.45, 7) is 3.36. The van der Waals surface area contributed by atoms with E-state index in [4.69, 9.17) is 0 Å². The van der Waals surface area contributed by atoms with Crippen molar-refractivity contribution in [3.05, 3.63) is 35.9 Å².